The van der Waals surface area contributed by atoms with E-state index in [2.05, 4.69) is 10.1 Å². The van der Waals surface area contributed by atoms with Crippen molar-refractivity contribution in [3.05, 3.63) is 29.7 Å². The Labute approximate surface area is 78.4 Å². The normalized spacial score (nSPS) is 11.4. The highest BCUT2D eigenvalue weighted by Crippen LogP contribution is 2.19. The van der Waals surface area contributed by atoms with Crippen LogP contribution in [0.1, 0.15) is 17.7 Å². The van der Waals surface area contributed by atoms with Gasteiger partial charge in [-0.2, -0.15) is 5.10 Å². The predicted octanol–water partition coefficient (Wildman–Crippen LogP) is 1.13. The Morgan fingerprint density at radius 3 is 2.93 bits per heavy atom. The summed E-state index contributed by atoms with van der Waals surface area (Å²) in [4.78, 5) is 3.94. The highest BCUT2D eigenvalue weighted by Gasteiger charge is 2.14. The molecular weight excluding hydrogens is 190 g/mol. The summed E-state index contributed by atoms with van der Waals surface area (Å²) in [6.45, 7) is 0.239. The molecule has 0 aromatic carbocycles. The lowest BCUT2D eigenvalue weighted by Gasteiger charge is -2.02. The van der Waals surface area contributed by atoms with E-state index in [-0.39, 0.29) is 12.2 Å². The third-order valence-electron chi connectivity index (χ3n) is 1.95. The van der Waals surface area contributed by atoms with E-state index in [0.29, 0.717) is 11.2 Å². The van der Waals surface area contributed by atoms with Crippen molar-refractivity contribution in [1.29, 1.82) is 0 Å². The molecule has 0 fully saturated rings. The average molecular weight is 198 g/mol. The molecule has 0 saturated carbocycles. The number of rotatable bonds is 2. The molecule has 74 valence electrons. The Balaban J connectivity index is 2.70. The molecule has 0 bridgehead atoms. The van der Waals surface area contributed by atoms with Gasteiger partial charge in [-0.1, -0.05) is 0 Å². The molecule has 4 nitrogen and oxygen atoms in total. The Bertz CT molecular complexity index is 452. The number of aromatic nitrogens is 3. The fourth-order valence-corrected chi connectivity index (χ4v) is 1.27. The molecule has 2 heterocycles. The zero-order valence-corrected chi connectivity index (χ0v) is 7.19. The van der Waals surface area contributed by atoms with Crippen LogP contribution in [-0.4, -0.2) is 14.6 Å². The number of fused-ring (bicyclic) bond motifs is 1. The highest BCUT2D eigenvalue weighted by molar-refractivity contribution is 5.46. The van der Waals surface area contributed by atoms with Gasteiger partial charge >= 0.3 is 0 Å². The molecule has 0 aliphatic carbocycles. The summed E-state index contributed by atoms with van der Waals surface area (Å²) in [6, 6.07) is 1.24. The van der Waals surface area contributed by atoms with Crippen molar-refractivity contribution in [3.63, 3.8) is 0 Å². The van der Waals surface area contributed by atoms with Gasteiger partial charge in [0.2, 0.25) is 0 Å². The smallest absolute Gasteiger partial charge is 0.280 e. The summed E-state index contributed by atoms with van der Waals surface area (Å²) < 4.78 is 26.1. The van der Waals surface area contributed by atoms with Gasteiger partial charge < -0.3 is 5.73 Å². The lowest BCUT2D eigenvalue weighted by atomic mass is 10.3. The Morgan fingerprint density at radius 1 is 1.50 bits per heavy atom. The minimum absolute atomic E-state index is 0.172. The van der Waals surface area contributed by atoms with Crippen molar-refractivity contribution in [2.24, 2.45) is 5.73 Å². The van der Waals surface area contributed by atoms with Crippen molar-refractivity contribution in [1.82, 2.24) is 14.6 Å². The number of halogens is 2. The molecule has 0 aliphatic heterocycles. The molecule has 6 heteroatoms. The van der Waals surface area contributed by atoms with Crippen molar-refractivity contribution < 1.29 is 8.78 Å². The van der Waals surface area contributed by atoms with Gasteiger partial charge in [0.25, 0.3) is 6.43 Å². The number of nitrogens with zero attached hydrogens (tertiary/aromatic N) is 3. The molecule has 0 amide bonds. The quantitative estimate of drug-likeness (QED) is 0.786. The lowest BCUT2D eigenvalue weighted by molar-refractivity contribution is 0.143. The van der Waals surface area contributed by atoms with E-state index in [1.54, 1.807) is 0 Å². The van der Waals surface area contributed by atoms with Gasteiger partial charge in [0, 0.05) is 18.3 Å². The number of alkyl halides is 2. The van der Waals surface area contributed by atoms with Crippen molar-refractivity contribution in [2.75, 3.05) is 0 Å². The van der Waals surface area contributed by atoms with Crippen LogP contribution in [0, 0.1) is 0 Å². The second-order valence-corrected chi connectivity index (χ2v) is 2.78. The van der Waals surface area contributed by atoms with Crippen molar-refractivity contribution in [3.8, 4) is 0 Å². The summed E-state index contributed by atoms with van der Waals surface area (Å²) in [5, 5.41) is 3.80. The first-order valence-corrected chi connectivity index (χ1v) is 4.03. The Hall–Kier alpha value is -1.56. The van der Waals surface area contributed by atoms with Crippen LogP contribution in [0.3, 0.4) is 0 Å². The molecular formula is C8H8F2N4. The molecule has 0 unspecified atom stereocenters. The maximum absolute atomic E-state index is 12.5. The first kappa shape index (κ1) is 9.01. The van der Waals surface area contributed by atoms with E-state index < -0.39 is 6.43 Å². The molecule has 0 radical (unpaired) electrons. The summed E-state index contributed by atoms with van der Waals surface area (Å²) in [5.74, 6) is 0. The molecule has 0 aliphatic rings. The number of nitrogens with two attached hydrogens (primary N) is 1. The predicted molar refractivity (Wildman–Crippen MR) is 45.8 cm³/mol. The number of hydrogen-bond donors (Lipinski definition) is 1. The topological polar surface area (TPSA) is 56.2 Å². The lowest BCUT2D eigenvalue weighted by Crippen LogP contribution is -2.02. The van der Waals surface area contributed by atoms with Gasteiger partial charge in [-0.3, -0.25) is 0 Å². The molecule has 0 saturated heterocycles. The monoisotopic (exact) mass is 198 g/mol. The minimum Gasteiger partial charge on any atom is -0.326 e. The summed E-state index contributed by atoms with van der Waals surface area (Å²) >= 11 is 0. The Kier molecular flexibility index (Phi) is 2.12. The van der Waals surface area contributed by atoms with Crippen LogP contribution >= 0.6 is 0 Å². The first-order valence-electron chi connectivity index (χ1n) is 4.03. The summed E-state index contributed by atoms with van der Waals surface area (Å²) in [7, 11) is 0. The fraction of sp³-hybridized carbons (Fsp3) is 0.250. The maximum Gasteiger partial charge on any atom is 0.280 e. The summed E-state index contributed by atoms with van der Waals surface area (Å²) in [6.07, 6.45) is 0.220. The second-order valence-electron chi connectivity index (χ2n) is 2.78. The third kappa shape index (κ3) is 1.24. The van der Waals surface area contributed by atoms with E-state index in [1.807, 2.05) is 0 Å². The zero-order valence-electron chi connectivity index (χ0n) is 7.19. The van der Waals surface area contributed by atoms with E-state index in [1.165, 1.54) is 18.5 Å². The van der Waals surface area contributed by atoms with Gasteiger partial charge in [-0.15, -0.1) is 0 Å². The van der Waals surface area contributed by atoms with Gasteiger partial charge in [0.1, 0.15) is 5.69 Å². The van der Waals surface area contributed by atoms with Crippen LogP contribution in [0.5, 0.6) is 0 Å². The van der Waals surface area contributed by atoms with Crippen LogP contribution < -0.4 is 5.73 Å². The zero-order chi connectivity index (χ0) is 10.1. The van der Waals surface area contributed by atoms with Gasteiger partial charge in [-0.25, -0.2) is 18.3 Å². The van der Waals surface area contributed by atoms with Crippen LogP contribution in [0.15, 0.2) is 18.5 Å². The van der Waals surface area contributed by atoms with Crippen LogP contribution in [-0.2, 0) is 6.54 Å². The fourth-order valence-electron chi connectivity index (χ4n) is 1.27. The molecule has 2 aromatic heterocycles. The SMILES string of the molecule is NCc1cnn2c(C(F)F)ccnc12. The van der Waals surface area contributed by atoms with E-state index in [9.17, 15) is 8.78 Å². The standard InChI is InChI=1S/C8H8F2N4/c9-7(10)6-1-2-12-8-5(3-11)4-13-14(6)8/h1-2,4,7H,3,11H2. The largest absolute Gasteiger partial charge is 0.326 e. The van der Waals surface area contributed by atoms with E-state index in [4.69, 9.17) is 5.73 Å². The highest BCUT2D eigenvalue weighted by atomic mass is 19.3. The molecule has 2 N–H and O–H groups in total. The first-order chi connectivity index (χ1) is 6.74. The van der Waals surface area contributed by atoms with Crippen molar-refractivity contribution >= 4 is 5.65 Å². The average Bonchev–Trinajstić information content (AvgIpc) is 2.59. The van der Waals surface area contributed by atoms with E-state index in [0.717, 1.165) is 4.52 Å². The van der Waals surface area contributed by atoms with E-state index >= 15 is 0 Å². The van der Waals surface area contributed by atoms with Crippen molar-refractivity contribution in [2.45, 2.75) is 13.0 Å². The molecule has 14 heavy (non-hydrogen) atoms. The van der Waals surface area contributed by atoms with Crippen LogP contribution in [0.2, 0.25) is 0 Å². The van der Waals surface area contributed by atoms with Crippen LogP contribution in [0.25, 0.3) is 5.65 Å². The molecule has 0 spiro atoms. The summed E-state index contributed by atoms with van der Waals surface area (Å²) in [5.41, 5.74) is 6.29. The molecule has 2 rings (SSSR count). The minimum atomic E-state index is -2.56. The second kappa shape index (κ2) is 3.30. The maximum atomic E-state index is 12.5. The molecule has 2 aromatic rings. The third-order valence-corrected chi connectivity index (χ3v) is 1.95. The Morgan fingerprint density at radius 2 is 2.29 bits per heavy atom. The van der Waals surface area contributed by atoms with Gasteiger partial charge in [-0.05, 0) is 6.07 Å². The number of hydrogen-bond acceptors (Lipinski definition) is 3. The van der Waals surface area contributed by atoms with Crippen LogP contribution in [0.4, 0.5) is 8.78 Å². The van der Waals surface area contributed by atoms with Gasteiger partial charge in [0.15, 0.2) is 5.65 Å². The van der Waals surface area contributed by atoms with Gasteiger partial charge in [0.05, 0.1) is 6.20 Å². The molecule has 0 atom stereocenters.